The molecule has 3 rings (SSSR count). The Balaban J connectivity index is 1.91. The topological polar surface area (TPSA) is 266 Å². The van der Waals surface area contributed by atoms with Crippen molar-refractivity contribution in [2.45, 2.75) is 0 Å². The van der Waals surface area contributed by atoms with Crippen LogP contribution in [0.1, 0.15) is 82.9 Å². The number of carboxylic acids is 4. The molecule has 8 N–H and O–H groups in total. The van der Waals surface area contributed by atoms with E-state index in [1.165, 1.54) is 38.4 Å². The number of carbonyl (C=O) groups excluding carboxylic acids is 4. The Morgan fingerprint density at radius 2 is 0.636 bits per heavy atom. The summed E-state index contributed by atoms with van der Waals surface area (Å²) in [5, 5.41) is 47.1. The van der Waals surface area contributed by atoms with Gasteiger partial charge in [-0.2, -0.15) is 0 Å². The first-order valence-corrected chi connectivity index (χ1v) is 12.2. The molecule has 0 atom stereocenters. The first-order valence-electron chi connectivity index (χ1n) is 12.2. The van der Waals surface area contributed by atoms with E-state index in [-0.39, 0.29) is 11.4 Å². The van der Waals surface area contributed by atoms with Crippen LogP contribution in [0.25, 0.3) is 0 Å². The van der Waals surface area contributed by atoms with Crippen LogP contribution in [0.3, 0.4) is 0 Å². The van der Waals surface area contributed by atoms with E-state index in [0.717, 1.165) is 12.1 Å². The highest BCUT2D eigenvalue weighted by molar-refractivity contribution is 6.16. The number of anilines is 2. The molecule has 44 heavy (non-hydrogen) atoms. The van der Waals surface area contributed by atoms with E-state index in [1.807, 2.05) is 0 Å². The fourth-order valence-electron chi connectivity index (χ4n) is 3.96. The molecule has 3 aromatic rings. The first-order chi connectivity index (χ1) is 20.7. The smallest absolute Gasteiger partial charge is 0.336 e. The fraction of sp³-hybridized carbons (Fsp3) is 0.0714. The zero-order valence-electron chi connectivity index (χ0n) is 22.7. The summed E-state index contributed by atoms with van der Waals surface area (Å²) in [5.74, 6) is -10.2. The largest absolute Gasteiger partial charge is 0.478 e. The molecule has 0 heterocycles. The molecule has 0 aliphatic rings. The summed E-state index contributed by atoms with van der Waals surface area (Å²) in [6.45, 7) is 0. The summed E-state index contributed by atoms with van der Waals surface area (Å²) in [5.41, 5.74) is -4.43. The van der Waals surface area contributed by atoms with Crippen molar-refractivity contribution in [1.82, 2.24) is 10.6 Å². The second kappa shape index (κ2) is 12.9. The van der Waals surface area contributed by atoms with Gasteiger partial charge >= 0.3 is 23.9 Å². The van der Waals surface area contributed by atoms with Crippen molar-refractivity contribution >= 4 is 58.9 Å². The van der Waals surface area contributed by atoms with Crippen LogP contribution in [0.5, 0.6) is 0 Å². The summed E-state index contributed by atoms with van der Waals surface area (Å²) in [4.78, 5) is 97.0. The predicted molar refractivity (Wildman–Crippen MR) is 150 cm³/mol. The minimum absolute atomic E-state index is 0.0760. The van der Waals surface area contributed by atoms with Gasteiger partial charge in [0.15, 0.2) is 0 Å². The highest BCUT2D eigenvalue weighted by Gasteiger charge is 2.27. The summed E-state index contributed by atoms with van der Waals surface area (Å²) in [7, 11) is 2.43. The van der Waals surface area contributed by atoms with Crippen molar-refractivity contribution in [2.75, 3.05) is 24.7 Å². The molecule has 0 saturated carbocycles. The molecule has 0 aliphatic carbocycles. The number of carbonyl (C=O) groups is 8. The highest BCUT2D eigenvalue weighted by atomic mass is 16.4. The standard InChI is InChI=1S/C28H22N4O12/c1-29-21(33)13-7-15(19(27(41)42)9-17(13)25(37)38)23(35)31-11-3-5-12(6-4-11)32-24(36)16-8-14(22(34)30-2)18(26(39)40)10-20(16)28(43)44/h3-10H,1-2H3,(H,29,33)(H,30,34)(H,31,35)(H,32,36)(H,37,38)(H,39,40)(H,41,42)(H,43,44). The minimum atomic E-state index is -1.63. The third-order valence-corrected chi connectivity index (χ3v) is 6.07. The maximum atomic E-state index is 13.0. The molecule has 0 saturated heterocycles. The Kier molecular flexibility index (Phi) is 9.39. The van der Waals surface area contributed by atoms with Gasteiger partial charge in [-0.15, -0.1) is 0 Å². The molecule has 226 valence electrons. The molecule has 0 aromatic heterocycles. The minimum Gasteiger partial charge on any atom is -0.478 e. The molecule has 4 amide bonds. The van der Waals surface area contributed by atoms with Crippen molar-refractivity contribution in [3.8, 4) is 0 Å². The monoisotopic (exact) mass is 606 g/mol. The Morgan fingerprint density at radius 1 is 0.409 bits per heavy atom. The van der Waals surface area contributed by atoms with Crippen LogP contribution in [0, 0.1) is 0 Å². The number of aromatic carboxylic acids is 4. The maximum absolute atomic E-state index is 13.0. The fourth-order valence-corrected chi connectivity index (χ4v) is 3.96. The predicted octanol–water partition coefficient (Wildman–Crippen LogP) is 1.70. The van der Waals surface area contributed by atoms with Crippen LogP contribution in [0.2, 0.25) is 0 Å². The summed E-state index contributed by atoms with van der Waals surface area (Å²) in [6.07, 6.45) is 0. The quantitative estimate of drug-likeness (QED) is 0.164. The van der Waals surface area contributed by atoms with E-state index in [1.54, 1.807) is 0 Å². The van der Waals surface area contributed by atoms with Gasteiger partial charge in [0.25, 0.3) is 23.6 Å². The van der Waals surface area contributed by atoms with Crippen molar-refractivity contribution in [2.24, 2.45) is 0 Å². The molecular formula is C28H22N4O12. The summed E-state index contributed by atoms with van der Waals surface area (Å²) < 4.78 is 0. The van der Waals surface area contributed by atoms with E-state index in [0.29, 0.717) is 12.1 Å². The number of rotatable bonds is 10. The zero-order valence-corrected chi connectivity index (χ0v) is 22.7. The average Bonchev–Trinajstić information content (AvgIpc) is 2.99. The van der Waals surface area contributed by atoms with Crippen molar-refractivity contribution < 1.29 is 58.8 Å². The maximum Gasteiger partial charge on any atom is 0.336 e. The van der Waals surface area contributed by atoms with Gasteiger partial charge in [0.1, 0.15) is 0 Å². The van der Waals surface area contributed by atoms with Crippen molar-refractivity contribution in [3.63, 3.8) is 0 Å². The van der Waals surface area contributed by atoms with Gasteiger partial charge in [0.2, 0.25) is 0 Å². The summed E-state index contributed by atoms with van der Waals surface area (Å²) in [6, 6.07) is 8.15. The lowest BCUT2D eigenvalue weighted by molar-refractivity contribution is 0.0672. The SMILES string of the molecule is CNC(=O)c1cc(C(=O)Nc2ccc(NC(=O)c3cc(C(=O)NC)c(C(=O)O)cc3C(=O)O)cc2)c(C(=O)O)cc1C(=O)O. The lowest BCUT2D eigenvalue weighted by Gasteiger charge is -2.13. The van der Waals surface area contributed by atoms with Crippen LogP contribution in [-0.2, 0) is 0 Å². The Morgan fingerprint density at radius 3 is 0.864 bits per heavy atom. The molecule has 0 unspecified atom stereocenters. The number of carboxylic acid groups (broad SMARTS) is 4. The van der Waals surface area contributed by atoms with E-state index >= 15 is 0 Å². The first kappa shape index (κ1) is 31.9. The number of amides is 4. The molecule has 0 fully saturated rings. The molecule has 0 radical (unpaired) electrons. The van der Waals surface area contributed by atoms with Gasteiger partial charge < -0.3 is 41.7 Å². The molecule has 16 nitrogen and oxygen atoms in total. The van der Waals surface area contributed by atoms with Gasteiger partial charge in [-0.1, -0.05) is 0 Å². The van der Waals surface area contributed by atoms with E-state index in [2.05, 4.69) is 21.3 Å². The number of nitrogens with one attached hydrogen (secondary N) is 4. The van der Waals surface area contributed by atoms with Gasteiger partial charge in [-0.05, 0) is 48.5 Å². The number of hydrogen-bond acceptors (Lipinski definition) is 8. The van der Waals surface area contributed by atoms with Crippen LogP contribution in [0.15, 0.2) is 48.5 Å². The highest BCUT2D eigenvalue weighted by Crippen LogP contribution is 2.23. The molecule has 0 spiro atoms. The van der Waals surface area contributed by atoms with Crippen molar-refractivity contribution in [1.29, 1.82) is 0 Å². The number of benzene rings is 3. The van der Waals surface area contributed by atoms with Crippen LogP contribution >= 0.6 is 0 Å². The van der Waals surface area contributed by atoms with Gasteiger partial charge in [0, 0.05) is 25.5 Å². The molecule has 0 bridgehead atoms. The lowest BCUT2D eigenvalue weighted by atomic mass is 9.96. The zero-order chi connectivity index (χ0) is 32.9. The summed E-state index contributed by atoms with van der Waals surface area (Å²) >= 11 is 0. The normalized spacial score (nSPS) is 10.2. The Bertz CT molecular complexity index is 1630. The van der Waals surface area contributed by atoms with Crippen LogP contribution < -0.4 is 21.3 Å². The van der Waals surface area contributed by atoms with Gasteiger partial charge in [0.05, 0.1) is 44.5 Å². The van der Waals surface area contributed by atoms with Gasteiger partial charge in [-0.3, -0.25) is 19.2 Å². The second-order valence-electron chi connectivity index (χ2n) is 8.75. The molecule has 0 aliphatic heterocycles. The lowest BCUT2D eigenvalue weighted by Crippen LogP contribution is -2.25. The third kappa shape index (κ3) is 6.65. The third-order valence-electron chi connectivity index (χ3n) is 6.07. The van der Waals surface area contributed by atoms with Crippen molar-refractivity contribution in [3.05, 3.63) is 93.0 Å². The van der Waals surface area contributed by atoms with E-state index < -0.39 is 92.0 Å². The second-order valence-corrected chi connectivity index (χ2v) is 8.75. The average molecular weight is 607 g/mol. The van der Waals surface area contributed by atoms with E-state index in [4.69, 9.17) is 0 Å². The molecule has 16 heteroatoms. The molecular weight excluding hydrogens is 584 g/mol. The van der Waals surface area contributed by atoms with Crippen LogP contribution in [-0.4, -0.2) is 82.0 Å². The van der Waals surface area contributed by atoms with E-state index in [9.17, 15) is 58.8 Å². The Hall–Kier alpha value is -6.58. The molecule has 3 aromatic carbocycles. The van der Waals surface area contributed by atoms with Gasteiger partial charge in [-0.25, -0.2) is 19.2 Å². The Labute approximate surface area is 246 Å². The number of hydrogen-bond donors (Lipinski definition) is 8. The van der Waals surface area contributed by atoms with Crippen LogP contribution in [0.4, 0.5) is 11.4 Å².